The molecule has 1 aromatic rings. The van der Waals surface area contributed by atoms with Gasteiger partial charge in [0.25, 0.3) is 5.91 Å². The highest BCUT2D eigenvalue weighted by Gasteiger charge is 2.53. The lowest BCUT2D eigenvalue weighted by Crippen LogP contribution is -2.53. The van der Waals surface area contributed by atoms with Gasteiger partial charge in [0.15, 0.2) is 0 Å². The molecule has 4 aliphatic rings. The van der Waals surface area contributed by atoms with Crippen molar-refractivity contribution >= 4 is 11.9 Å². The largest absolute Gasteiger partial charge is 0.450 e. The minimum atomic E-state index is -4.51. The van der Waals surface area contributed by atoms with Crippen LogP contribution in [-0.2, 0) is 31.7 Å². The molecule has 1 aromatic heterocycles. The maximum Gasteiger partial charge on any atom is 0.417 e. The van der Waals surface area contributed by atoms with Crippen LogP contribution in [0.4, 0.5) is 13.2 Å². The van der Waals surface area contributed by atoms with Gasteiger partial charge < -0.3 is 14.4 Å². The smallest absolute Gasteiger partial charge is 0.417 e. The summed E-state index contributed by atoms with van der Waals surface area (Å²) in [5, 5.41) is 0. The van der Waals surface area contributed by atoms with Crippen LogP contribution in [0.15, 0.2) is 23.4 Å². The minimum absolute atomic E-state index is 0.301. The molecule has 10 heteroatoms. The van der Waals surface area contributed by atoms with Crippen LogP contribution >= 0.6 is 0 Å². The number of hydrogen-bond donors (Lipinski definition) is 0. The number of ether oxygens (including phenoxy) is 2. The fraction of sp³-hybridized carbons (Fsp3) is 0.640. The summed E-state index contributed by atoms with van der Waals surface area (Å²) in [7, 11) is 0. The van der Waals surface area contributed by atoms with E-state index in [0.29, 0.717) is 67.3 Å². The second kappa shape index (κ2) is 8.89. The molecule has 0 N–H and O–H groups in total. The topological polar surface area (TPSA) is 72.0 Å². The number of hydrogen-bond acceptors (Lipinski definition) is 6. The zero-order chi connectivity index (χ0) is 25.0. The van der Waals surface area contributed by atoms with Crippen LogP contribution in [0.2, 0.25) is 0 Å². The van der Waals surface area contributed by atoms with Gasteiger partial charge in [-0.25, -0.2) is 4.79 Å². The number of likely N-dealkylation sites (tertiary alicyclic amines) is 1. The average molecular weight is 494 g/mol. The first-order chi connectivity index (χ1) is 16.6. The molecule has 1 atom stereocenters. The van der Waals surface area contributed by atoms with E-state index in [1.165, 1.54) is 0 Å². The number of fused-ring (bicyclic) bond motifs is 1. The maximum atomic E-state index is 13.9. The Morgan fingerprint density at radius 1 is 1.17 bits per heavy atom. The van der Waals surface area contributed by atoms with Crippen molar-refractivity contribution in [3.8, 4) is 0 Å². The molecule has 0 radical (unpaired) electrons. The summed E-state index contributed by atoms with van der Waals surface area (Å²) in [6, 6.07) is 0.916. The highest BCUT2D eigenvalue weighted by molar-refractivity contribution is 6.07. The number of piperidine rings is 1. The number of rotatable bonds is 2. The molecular formula is C25H30F3N3O4. The molecule has 0 aliphatic carbocycles. The van der Waals surface area contributed by atoms with E-state index in [0.717, 1.165) is 38.3 Å². The molecule has 1 spiro atoms. The molecule has 2 saturated heterocycles. The monoisotopic (exact) mass is 493 g/mol. The van der Waals surface area contributed by atoms with Gasteiger partial charge in [-0.15, -0.1) is 0 Å². The van der Waals surface area contributed by atoms with Crippen molar-refractivity contribution in [2.45, 2.75) is 69.8 Å². The fourth-order valence-electron chi connectivity index (χ4n) is 6.00. The number of carbonyl (C=O) groups is 2. The van der Waals surface area contributed by atoms with Crippen molar-refractivity contribution in [1.82, 2.24) is 14.8 Å². The SMILES string of the molecule is CC1=C(C(=O)N2CCc3ncc(C(F)(F)F)cc3C2C)C2(CCN(C3CCOCC3)CC2)OC1=O. The maximum absolute atomic E-state index is 13.9. The minimum Gasteiger partial charge on any atom is -0.450 e. The lowest BCUT2D eigenvalue weighted by Gasteiger charge is -2.44. The van der Waals surface area contributed by atoms with E-state index in [1.54, 1.807) is 18.7 Å². The first kappa shape index (κ1) is 24.2. The predicted octanol–water partition coefficient (Wildman–Crippen LogP) is 3.43. The summed E-state index contributed by atoms with van der Waals surface area (Å²) >= 11 is 0. The molecule has 4 aliphatic heterocycles. The number of amides is 1. The molecule has 2 fully saturated rings. The molecule has 0 aromatic carbocycles. The van der Waals surface area contributed by atoms with Crippen LogP contribution in [-0.4, -0.2) is 71.2 Å². The highest BCUT2D eigenvalue weighted by atomic mass is 19.4. The van der Waals surface area contributed by atoms with Gasteiger partial charge in [-0.3, -0.25) is 14.7 Å². The number of aromatic nitrogens is 1. The van der Waals surface area contributed by atoms with E-state index in [9.17, 15) is 22.8 Å². The van der Waals surface area contributed by atoms with Crippen LogP contribution in [0, 0.1) is 0 Å². The van der Waals surface area contributed by atoms with Gasteiger partial charge in [0, 0.05) is 75.6 Å². The summed E-state index contributed by atoms with van der Waals surface area (Å²) in [4.78, 5) is 34.5. The molecular weight excluding hydrogens is 463 g/mol. The Balaban J connectivity index is 1.38. The van der Waals surface area contributed by atoms with Crippen molar-refractivity contribution in [1.29, 1.82) is 0 Å². The fourth-order valence-corrected chi connectivity index (χ4v) is 6.00. The molecule has 7 nitrogen and oxygen atoms in total. The van der Waals surface area contributed by atoms with Gasteiger partial charge >= 0.3 is 12.1 Å². The van der Waals surface area contributed by atoms with E-state index in [4.69, 9.17) is 9.47 Å². The van der Waals surface area contributed by atoms with Crippen molar-refractivity contribution in [3.05, 3.63) is 40.2 Å². The Kier molecular flexibility index (Phi) is 6.15. The van der Waals surface area contributed by atoms with E-state index in [-0.39, 0.29) is 5.91 Å². The lowest BCUT2D eigenvalue weighted by molar-refractivity contribution is -0.152. The van der Waals surface area contributed by atoms with Gasteiger partial charge in [0.1, 0.15) is 5.60 Å². The van der Waals surface area contributed by atoms with E-state index in [1.807, 2.05) is 0 Å². The second-order valence-electron chi connectivity index (χ2n) is 9.95. The number of nitrogens with zero attached hydrogens (tertiary/aromatic N) is 3. The Morgan fingerprint density at radius 3 is 2.51 bits per heavy atom. The molecule has 5 rings (SSSR count). The Morgan fingerprint density at radius 2 is 1.86 bits per heavy atom. The van der Waals surface area contributed by atoms with Crippen molar-refractivity contribution in [2.75, 3.05) is 32.8 Å². The standard InChI is InChI=1S/C25H30F3N3O4/c1-15-21(24(35-23(15)33)6-9-30(10-7-24)18-4-11-34-12-5-18)22(32)31-8-3-20-19(16(31)2)13-17(14-29-20)25(26,27)28/h13-14,16,18H,3-12H2,1-2H3. The molecule has 0 bridgehead atoms. The van der Waals surface area contributed by atoms with Crippen LogP contribution in [0.1, 0.15) is 62.4 Å². The molecule has 0 saturated carbocycles. The van der Waals surface area contributed by atoms with Gasteiger partial charge in [0.05, 0.1) is 17.2 Å². The molecule has 1 unspecified atom stereocenters. The van der Waals surface area contributed by atoms with E-state index >= 15 is 0 Å². The van der Waals surface area contributed by atoms with Crippen molar-refractivity contribution in [2.24, 2.45) is 0 Å². The van der Waals surface area contributed by atoms with Crippen LogP contribution in [0.5, 0.6) is 0 Å². The molecule has 5 heterocycles. The molecule has 35 heavy (non-hydrogen) atoms. The zero-order valence-corrected chi connectivity index (χ0v) is 20.0. The van der Waals surface area contributed by atoms with Gasteiger partial charge in [-0.1, -0.05) is 0 Å². The number of alkyl halides is 3. The van der Waals surface area contributed by atoms with Gasteiger partial charge in [-0.05, 0) is 38.3 Å². The Hall–Kier alpha value is -2.46. The lowest BCUT2D eigenvalue weighted by atomic mass is 9.81. The zero-order valence-electron chi connectivity index (χ0n) is 20.0. The summed E-state index contributed by atoms with van der Waals surface area (Å²) < 4.78 is 51.2. The third-order valence-electron chi connectivity index (χ3n) is 8.05. The van der Waals surface area contributed by atoms with E-state index in [2.05, 4.69) is 9.88 Å². The first-order valence-corrected chi connectivity index (χ1v) is 12.2. The Bertz CT molecular complexity index is 1060. The van der Waals surface area contributed by atoms with Gasteiger partial charge in [-0.2, -0.15) is 13.2 Å². The summed E-state index contributed by atoms with van der Waals surface area (Å²) in [5.74, 6) is -0.817. The van der Waals surface area contributed by atoms with Gasteiger partial charge in [0.2, 0.25) is 0 Å². The number of carbonyl (C=O) groups excluding carboxylic acids is 2. The summed E-state index contributed by atoms with van der Waals surface area (Å²) in [6.07, 6.45) is -0.338. The first-order valence-electron chi connectivity index (χ1n) is 12.2. The highest BCUT2D eigenvalue weighted by Crippen LogP contribution is 2.44. The average Bonchev–Trinajstić information content (AvgIpc) is 3.08. The second-order valence-corrected chi connectivity index (χ2v) is 9.95. The number of halogens is 3. The summed E-state index contributed by atoms with van der Waals surface area (Å²) in [5.41, 5.74) is -0.181. The predicted molar refractivity (Wildman–Crippen MR) is 119 cm³/mol. The quantitative estimate of drug-likeness (QED) is 0.588. The third kappa shape index (κ3) is 4.24. The Labute approximate surface area is 202 Å². The van der Waals surface area contributed by atoms with Crippen molar-refractivity contribution < 1.29 is 32.2 Å². The third-order valence-corrected chi connectivity index (χ3v) is 8.05. The normalized spacial score (nSPS) is 25.7. The molecule has 190 valence electrons. The summed E-state index contributed by atoms with van der Waals surface area (Å²) in [6.45, 7) is 6.54. The molecule has 1 amide bonds. The van der Waals surface area contributed by atoms with E-state index < -0.39 is 29.4 Å². The van der Waals surface area contributed by atoms with Crippen molar-refractivity contribution in [3.63, 3.8) is 0 Å². The van der Waals surface area contributed by atoms with Crippen LogP contribution < -0.4 is 0 Å². The van der Waals surface area contributed by atoms with Crippen LogP contribution in [0.3, 0.4) is 0 Å². The van der Waals surface area contributed by atoms with Crippen LogP contribution in [0.25, 0.3) is 0 Å². The number of esters is 1. The number of pyridine rings is 1.